The average molecular weight is 227 g/mol. The maximum atomic E-state index is 11.3. The topological polar surface area (TPSA) is 51.2 Å². The van der Waals surface area contributed by atoms with Crippen LogP contribution >= 0.6 is 11.6 Å². The molecule has 4 nitrogen and oxygen atoms in total. The highest BCUT2D eigenvalue weighted by Gasteiger charge is 2.24. The van der Waals surface area contributed by atoms with Gasteiger partial charge in [0.2, 0.25) is 0 Å². The summed E-state index contributed by atoms with van der Waals surface area (Å²) >= 11 is 5.90. The summed E-state index contributed by atoms with van der Waals surface area (Å²) in [5.74, 6) is 0.327. The van der Waals surface area contributed by atoms with Gasteiger partial charge >= 0.3 is 0 Å². The van der Waals surface area contributed by atoms with Gasteiger partial charge in [-0.1, -0.05) is 11.6 Å². The molecule has 1 fully saturated rings. The molecular formula is C10H11ClN2O2. The number of rotatable bonds is 3. The van der Waals surface area contributed by atoms with Gasteiger partial charge in [-0.3, -0.25) is 4.79 Å². The Morgan fingerprint density at radius 2 is 2.40 bits per heavy atom. The van der Waals surface area contributed by atoms with Crippen molar-refractivity contribution in [3.63, 3.8) is 0 Å². The molecule has 1 N–H and O–H groups in total. The van der Waals surface area contributed by atoms with Crippen LogP contribution in [-0.2, 0) is 0 Å². The number of halogens is 1. The lowest BCUT2D eigenvalue weighted by Crippen LogP contribution is -2.19. The first-order valence-electron chi connectivity index (χ1n) is 4.75. The zero-order valence-corrected chi connectivity index (χ0v) is 9.04. The molecule has 2 rings (SSSR count). The summed E-state index contributed by atoms with van der Waals surface area (Å²) in [5.41, 5.74) is 0.224. The van der Waals surface area contributed by atoms with Gasteiger partial charge < -0.3 is 10.1 Å². The van der Waals surface area contributed by atoms with Gasteiger partial charge in [0.25, 0.3) is 5.91 Å². The molecule has 1 aliphatic rings. The van der Waals surface area contributed by atoms with Crippen molar-refractivity contribution in [3.05, 3.63) is 23.0 Å². The summed E-state index contributed by atoms with van der Waals surface area (Å²) in [6, 6.07) is 1.62. The van der Waals surface area contributed by atoms with Crippen molar-refractivity contribution < 1.29 is 9.53 Å². The summed E-state index contributed by atoms with van der Waals surface area (Å²) in [7, 11) is 1.54. The predicted molar refractivity (Wildman–Crippen MR) is 56.3 cm³/mol. The van der Waals surface area contributed by atoms with Crippen LogP contribution in [0.2, 0.25) is 5.02 Å². The van der Waals surface area contributed by atoms with Crippen LogP contribution < -0.4 is 10.1 Å². The second kappa shape index (κ2) is 4.06. The SMILES string of the molecule is CNC(=O)c1ncc(OC2CC2)cc1Cl. The van der Waals surface area contributed by atoms with E-state index in [1.807, 2.05) is 0 Å². The first-order valence-corrected chi connectivity index (χ1v) is 5.13. The van der Waals surface area contributed by atoms with Crippen LogP contribution in [0.3, 0.4) is 0 Å². The average Bonchev–Trinajstić information content (AvgIpc) is 3.01. The van der Waals surface area contributed by atoms with Crippen LogP contribution in [0.25, 0.3) is 0 Å². The molecule has 0 unspecified atom stereocenters. The minimum absolute atomic E-state index is 0.224. The standard InChI is InChI=1S/C10H11ClN2O2/c1-12-10(14)9-8(11)4-7(5-13-9)15-6-2-3-6/h4-6H,2-3H2,1H3,(H,12,14). The van der Waals surface area contributed by atoms with Gasteiger partial charge in [-0.05, 0) is 12.8 Å². The van der Waals surface area contributed by atoms with Crippen LogP contribution in [0.15, 0.2) is 12.3 Å². The lowest BCUT2D eigenvalue weighted by molar-refractivity contribution is 0.0958. The number of hydrogen-bond donors (Lipinski definition) is 1. The summed E-state index contributed by atoms with van der Waals surface area (Å²) in [6.45, 7) is 0. The molecule has 0 aliphatic heterocycles. The van der Waals surface area contributed by atoms with Gasteiger partial charge in [-0.2, -0.15) is 0 Å². The van der Waals surface area contributed by atoms with Crippen molar-refractivity contribution in [3.8, 4) is 5.75 Å². The lowest BCUT2D eigenvalue weighted by Gasteiger charge is -2.06. The molecule has 80 valence electrons. The highest BCUT2D eigenvalue weighted by atomic mass is 35.5. The largest absolute Gasteiger partial charge is 0.489 e. The molecule has 1 amide bonds. The monoisotopic (exact) mass is 226 g/mol. The molecule has 0 spiro atoms. The number of aromatic nitrogens is 1. The summed E-state index contributed by atoms with van der Waals surface area (Å²) in [6.07, 6.45) is 3.98. The smallest absolute Gasteiger partial charge is 0.271 e. The van der Waals surface area contributed by atoms with Crippen LogP contribution in [0.4, 0.5) is 0 Å². The van der Waals surface area contributed by atoms with Crippen molar-refractivity contribution in [2.75, 3.05) is 7.05 Å². The molecule has 1 aromatic heterocycles. The fourth-order valence-corrected chi connectivity index (χ4v) is 1.39. The van der Waals surface area contributed by atoms with Gasteiger partial charge in [0.15, 0.2) is 0 Å². The number of hydrogen-bond acceptors (Lipinski definition) is 3. The second-order valence-corrected chi connectivity index (χ2v) is 3.80. The normalized spacial score (nSPS) is 14.8. The minimum Gasteiger partial charge on any atom is -0.489 e. The fourth-order valence-electron chi connectivity index (χ4n) is 1.15. The van der Waals surface area contributed by atoms with E-state index in [0.717, 1.165) is 12.8 Å². The number of ether oxygens (including phenoxy) is 1. The molecule has 0 atom stereocenters. The van der Waals surface area contributed by atoms with Crippen LogP contribution in [-0.4, -0.2) is 24.0 Å². The summed E-state index contributed by atoms with van der Waals surface area (Å²) < 4.78 is 5.50. The van der Waals surface area contributed by atoms with Crippen LogP contribution in [0, 0.1) is 0 Å². The van der Waals surface area contributed by atoms with E-state index < -0.39 is 0 Å². The number of pyridine rings is 1. The van der Waals surface area contributed by atoms with E-state index in [1.165, 1.54) is 13.2 Å². The fraction of sp³-hybridized carbons (Fsp3) is 0.400. The zero-order chi connectivity index (χ0) is 10.8. The van der Waals surface area contributed by atoms with Crippen molar-refractivity contribution in [2.45, 2.75) is 18.9 Å². The maximum absolute atomic E-state index is 11.3. The maximum Gasteiger partial charge on any atom is 0.271 e. The number of nitrogens with one attached hydrogen (secondary N) is 1. The van der Waals surface area contributed by atoms with E-state index in [-0.39, 0.29) is 11.6 Å². The van der Waals surface area contributed by atoms with E-state index in [0.29, 0.717) is 16.9 Å². The molecule has 1 heterocycles. The molecule has 0 aromatic carbocycles. The van der Waals surface area contributed by atoms with Gasteiger partial charge in [-0.15, -0.1) is 0 Å². The van der Waals surface area contributed by atoms with Gasteiger partial charge in [0.05, 0.1) is 17.3 Å². The third-order valence-corrected chi connectivity index (χ3v) is 2.37. The summed E-state index contributed by atoms with van der Waals surface area (Å²) in [4.78, 5) is 15.2. The van der Waals surface area contributed by atoms with E-state index in [9.17, 15) is 4.79 Å². The van der Waals surface area contributed by atoms with Crippen LogP contribution in [0.5, 0.6) is 5.75 Å². The van der Waals surface area contributed by atoms with Crippen molar-refractivity contribution in [2.24, 2.45) is 0 Å². The Hall–Kier alpha value is -1.29. The van der Waals surface area contributed by atoms with Crippen molar-refractivity contribution in [1.29, 1.82) is 0 Å². The summed E-state index contributed by atoms with van der Waals surface area (Å²) in [5, 5.41) is 2.78. The molecular weight excluding hydrogens is 216 g/mol. The molecule has 0 radical (unpaired) electrons. The Balaban J connectivity index is 2.17. The molecule has 15 heavy (non-hydrogen) atoms. The lowest BCUT2D eigenvalue weighted by atomic mass is 10.3. The molecule has 5 heteroatoms. The highest BCUT2D eigenvalue weighted by Crippen LogP contribution is 2.28. The molecule has 0 saturated heterocycles. The van der Waals surface area contributed by atoms with Crippen molar-refractivity contribution in [1.82, 2.24) is 10.3 Å². The van der Waals surface area contributed by atoms with E-state index in [2.05, 4.69) is 10.3 Å². The van der Waals surface area contributed by atoms with Crippen LogP contribution in [0.1, 0.15) is 23.3 Å². The number of nitrogens with zero attached hydrogens (tertiary/aromatic N) is 1. The molecule has 1 saturated carbocycles. The highest BCUT2D eigenvalue weighted by molar-refractivity contribution is 6.33. The number of carbonyl (C=O) groups excluding carboxylic acids is 1. The Bertz CT molecular complexity index is 391. The first-order chi connectivity index (χ1) is 7.20. The second-order valence-electron chi connectivity index (χ2n) is 3.40. The van der Waals surface area contributed by atoms with Gasteiger partial charge in [0.1, 0.15) is 11.4 Å². The third kappa shape index (κ3) is 2.39. The third-order valence-electron chi connectivity index (χ3n) is 2.09. The Labute approximate surface area is 92.6 Å². The van der Waals surface area contributed by atoms with Gasteiger partial charge in [0, 0.05) is 13.1 Å². The van der Waals surface area contributed by atoms with Crippen molar-refractivity contribution >= 4 is 17.5 Å². The quantitative estimate of drug-likeness (QED) is 0.853. The number of amides is 1. The van der Waals surface area contributed by atoms with E-state index in [1.54, 1.807) is 6.07 Å². The molecule has 1 aromatic rings. The van der Waals surface area contributed by atoms with E-state index >= 15 is 0 Å². The zero-order valence-electron chi connectivity index (χ0n) is 8.29. The Morgan fingerprint density at radius 3 is 2.93 bits per heavy atom. The number of carbonyl (C=O) groups is 1. The first kappa shape index (κ1) is 10.2. The minimum atomic E-state index is -0.294. The molecule has 1 aliphatic carbocycles. The Kier molecular flexibility index (Phi) is 2.77. The van der Waals surface area contributed by atoms with E-state index in [4.69, 9.17) is 16.3 Å². The Morgan fingerprint density at radius 1 is 1.67 bits per heavy atom. The molecule has 0 bridgehead atoms. The van der Waals surface area contributed by atoms with Gasteiger partial charge in [-0.25, -0.2) is 4.98 Å². The predicted octanol–water partition coefficient (Wildman–Crippen LogP) is 1.64.